The molecule has 3 aromatic rings. The second-order valence-corrected chi connectivity index (χ2v) is 10.8. The molecule has 1 aromatic carbocycles. The summed E-state index contributed by atoms with van der Waals surface area (Å²) in [6, 6.07) is 4.41. The van der Waals surface area contributed by atoms with E-state index in [-0.39, 0.29) is 23.4 Å². The molecule has 0 bridgehead atoms. The first-order valence-corrected chi connectivity index (χ1v) is 12.7. The van der Waals surface area contributed by atoms with Crippen molar-refractivity contribution in [2.75, 3.05) is 25.0 Å². The number of carbonyl (C=O) groups is 2. The number of ether oxygens (including phenoxy) is 1. The fraction of sp³-hybridized carbons (Fsp3) is 0.360. The Labute approximate surface area is 217 Å². The summed E-state index contributed by atoms with van der Waals surface area (Å²) in [5.41, 5.74) is 1.21. The molecule has 36 heavy (non-hydrogen) atoms. The maximum absolute atomic E-state index is 13.5. The summed E-state index contributed by atoms with van der Waals surface area (Å²) < 4.78 is 18.8. The predicted molar refractivity (Wildman–Crippen MR) is 139 cm³/mol. The van der Waals surface area contributed by atoms with Crippen LogP contribution >= 0.6 is 22.9 Å². The van der Waals surface area contributed by atoms with E-state index in [2.05, 4.69) is 20.6 Å². The van der Waals surface area contributed by atoms with Crippen molar-refractivity contribution in [3.63, 3.8) is 0 Å². The van der Waals surface area contributed by atoms with Crippen LogP contribution < -0.4 is 10.6 Å². The van der Waals surface area contributed by atoms with Crippen molar-refractivity contribution < 1.29 is 18.7 Å². The van der Waals surface area contributed by atoms with Gasteiger partial charge in [0.15, 0.2) is 0 Å². The molecule has 0 spiro atoms. The molecule has 0 radical (unpaired) electrons. The van der Waals surface area contributed by atoms with Crippen LogP contribution in [0.5, 0.6) is 0 Å². The number of hydrogen-bond donors (Lipinski definition) is 2. The van der Waals surface area contributed by atoms with Gasteiger partial charge in [-0.05, 0) is 51.0 Å². The molecule has 0 unspecified atom stereocenters. The van der Waals surface area contributed by atoms with Crippen molar-refractivity contribution in [3.8, 4) is 0 Å². The lowest BCUT2D eigenvalue weighted by Crippen LogP contribution is -2.34. The number of hydrogen-bond acceptors (Lipinski definition) is 8. The number of aromatic nitrogens is 2. The lowest BCUT2D eigenvalue weighted by molar-refractivity contribution is -0.153. The molecule has 11 heteroatoms. The van der Waals surface area contributed by atoms with Crippen LogP contribution in [0.1, 0.15) is 31.2 Å². The summed E-state index contributed by atoms with van der Waals surface area (Å²) in [6.45, 7) is 6.94. The van der Waals surface area contributed by atoms with Crippen molar-refractivity contribution in [1.82, 2.24) is 20.2 Å². The fourth-order valence-electron chi connectivity index (χ4n) is 3.82. The number of thiophene rings is 1. The summed E-state index contributed by atoms with van der Waals surface area (Å²) >= 11 is 7.45. The molecule has 1 aliphatic rings. The fourth-order valence-corrected chi connectivity index (χ4v) is 5.21. The van der Waals surface area contributed by atoms with Gasteiger partial charge in [0.1, 0.15) is 28.4 Å². The third kappa shape index (κ3) is 6.37. The molecule has 2 N–H and O–H groups in total. The van der Waals surface area contributed by atoms with E-state index in [1.165, 1.54) is 35.9 Å². The third-order valence-corrected chi connectivity index (χ3v) is 6.76. The Hall–Kier alpha value is -3.08. The number of nitrogens with zero attached hydrogens (tertiary/aromatic N) is 3. The van der Waals surface area contributed by atoms with E-state index in [1.54, 1.807) is 17.0 Å². The minimum absolute atomic E-state index is 0.0277. The molecule has 0 aliphatic carbocycles. The number of halogens is 2. The van der Waals surface area contributed by atoms with Crippen LogP contribution in [0.4, 0.5) is 15.9 Å². The van der Waals surface area contributed by atoms with E-state index >= 15 is 0 Å². The Bertz CT molecular complexity index is 1320. The molecule has 190 valence electrons. The smallest absolute Gasteiger partial charge is 0.320 e. The van der Waals surface area contributed by atoms with Gasteiger partial charge in [0.25, 0.3) is 0 Å². The van der Waals surface area contributed by atoms with Crippen molar-refractivity contribution in [2.45, 2.75) is 39.3 Å². The highest BCUT2D eigenvalue weighted by Gasteiger charge is 2.25. The predicted octanol–water partition coefficient (Wildman–Crippen LogP) is 4.60. The number of esters is 1. The summed E-state index contributed by atoms with van der Waals surface area (Å²) in [5, 5.41) is 7.11. The maximum atomic E-state index is 13.5. The second kappa shape index (κ2) is 10.9. The second-order valence-electron chi connectivity index (χ2n) is 9.29. The highest BCUT2D eigenvalue weighted by molar-refractivity contribution is 7.19. The van der Waals surface area contributed by atoms with Gasteiger partial charge in [0, 0.05) is 29.7 Å². The lowest BCUT2D eigenvalue weighted by atomic mass is 10.0. The van der Waals surface area contributed by atoms with Crippen LogP contribution in [0.25, 0.3) is 10.2 Å². The van der Waals surface area contributed by atoms with Crippen molar-refractivity contribution in [3.05, 3.63) is 58.0 Å². The minimum Gasteiger partial charge on any atom is -0.459 e. The molecule has 0 atom stereocenters. The molecule has 4 rings (SSSR count). The third-order valence-electron chi connectivity index (χ3n) is 5.34. The molecule has 1 amide bonds. The van der Waals surface area contributed by atoms with Crippen LogP contribution in [0.15, 0.2) is 36.7 Å². The molecule has 3 heterocycles. The highest BCUT2D eigenvalue weighted by atomic mass is 35.5. The Morgan fingerprint density at radius 1 is 1.31 bits per heavy atom. The quantitative estimate of drug-likeness (QED) is 0.261. The number of amides is 1. The molecule has 0 saturated heterocycles. The van der Waals surface area contributed by atoms with Gasteiger partial charge in [-0.2, -0.15) is 0 Å². The number of nitrogens with one attached hydrogen (secondary N) is 2. The first kappa shape index (κ1) is 26.0. The standard InChI is InChI=1S/C25H27ClFN5O3S/c1-25(2,3)35-21(34)12-28-9-4-5-20(33)32-10-8-16-19(13-32)36-24-22(16)23(29-14-30-24)31-15-6-7-18(27)17(26)11-15/h4-7,11,14,28H,8-10,12-13H2,1-3H3,(H,29,30,31)/b5-4+. The van der Waals surface area contributed by atoms with E-state index in [4.69, 9.17) is 16.3 Å². The summed E-state index contributed by atoms with van der Waals surface area (Å²) in [5.74, 6) is -0.297. The Balaban J connectivity index is 1.39. The zero-order chi connectivity index (χ0) is 25.9. The summed E-state index contributed by atoms with van der Waals surface area (Å²) in [6.07, 6.45) is 5.37. The first-order valence-electron chi connectivity index (χ1n) is 11.5. The normalized spacial score (nSPS) is 13.8. The van der Waals surface area contributed by atoms with Crippen molar-refractivity contribution >= 4 is 56.5 Å². The first-order chi connectivity index (χ1) is 17.1. The molecular weight excluding hydrogens is 505 g/mol. The lowest BCUT2D eigenvalue weighted by Gasteiger charge is -2.26. The monoisotopic (exact) mass is 531 g/mol. The maximum Gasteiger partial charge on any atom is 0.320 e. The van der Waals surface area contributed by atoms with Gasteiger partial charge < -0.3 is 20.3 Å². The minimum atomic E-state index is -0.526. The van der Waals surface area contributed by atoms with E-state index in [1.807, 2.05) is 20.8 Å². The summed E-state index contributed by atoms with van der Waals surface area (Å²) in [7, 11) is 0. The molecule has 0 saturated carbocycles. The van der Waals surface area contributed by atoms with Gasteiger partial charge in [-0.3, -0.25) is 9.59 Å². The zero-order valence-corrected chi connectivity index (χ0v) is 21.8. The van der Waals surface area contributed by atoms with E-state index in [0.29, 0.717) is 37.6 Å². The number of anilines is 2. The molecule has 0 fully saturated rings. The van der Waals surface area contributed by atoms with E-state index in [0.717, 1.165) is 20.7 Å². The van der Waals surface area contributed by atoms with E-state index in [9.17, 15) is 14.0 Å². The topological polar surface area (TPSA) is 96.5 Å². The largest absolute Gasteiger partial charge is 0.459 e. The number of fused-ring (bicyclic) bond motifs is 3. The van der Waals surface area contributed by atoms with E-state index < -0.39 is 11.4 Å². The molecule has 8 nitrogen and oxygen atoms in total. The Morgan fingerprint density at radius 2 is 2.11 bits per heavy atom. The molecule has 1 aliphatic heterocycles. The molecule has 2 aromatic heterocycles. The van der Waals surface area contributed by atoms with Crippen molar-refractivity contribution in [1.29, 1.82) is 0 Å². The van der Waals surface area contributed by atoms with Gasteiger partial charge >= 0.3 is 5.97 Å². The summed E-state index contributed by atoms with van der Waals surface area (Å²) in [4.78, 5) is 36.9. The highest BCUT2D eigenvalue weighted by Crippen LogP contribution is 2.38. The van der Waals surface area contributed by atoms with Crippen LogP contribution in [0, 0.1) is 5.82 Å². The van der Waals surface area contributed by atoms with Gasteiger partial charge in [0.05, 0.1) is 23.5 Å². The zero-order valence-electron chi connectivity index (χ0n) is 20.2. The van der Waals surface area contributed by atoms with Gasteiger partial charge in [-0.15, -0.1) is 11.3 Å². The Morgan fingerprint density at radius 3 is 2.86 bits per heavy atom. The average Bonchev–Trinajstić information content (AvgIpc) is 3.18. The van der Waals surface area contributed by atoms with Gasteiger partial charge in [-0.1, -0.05) is 17.7 Å². The van der Waals surface area contributed by atoms with Crippen LogP contribution in [0.3, 0.4) is 0 Å². The number of benzene rings is 1. The molecular formula is C25H27ClFN5O3S. The van der Waals surface area contributed by atoms with Crippen LogP contribution in [-0.4, -0.2) is 52.0 Å². The van der Waals surface area contributed by atoms with Crippen LogP contribution in [0.2, 0.25) is 5.02 Å². The van der Waals surface area contributed by atoms with Gasteiger partial charge in [0.2, 0.25) is 5.91 Å². The SMILES string of the molecule is CC(C)(C)OC(=O)CNC/C=C/C(=O)N1CCc2c(sc3ncnc(Nc4ccc(F)c(Cl)c4)c23)C1. The Kier molecular flexibility index (Phi) is 7.87. The average molecular weight is 532 g/mol. The van der Waals surface area contributed by atoms with Crippen molar-refractivity contribution in [2.24, 2.45) is 0 Å². The number of rotatable bonds is 7. The van der Waals surface area contributed by atoms with Crippen LogP contribution in [-0.2, 0) is 27.3 Å². The van der Waals surface area contributed by atoms with Gasteiger partial charge in [-0.25, -0.2) is 14.4 Å². The number of carbonyl (C=O) groups excluding carboxylic acids is 2.